The zero-order valence-electron chi connectivity index (χ0n) is 15.2. The molecule has 3 rings (SSSR count). The van der Waals surface area contributed by atoms with Crippen LogP contribution >= 0.6 is 0 Å². The number of aliphatic hydroxyl groups excluding tert-OH is 1. The molecule has 2 saturated heterocycles. The molecule has 146 valence electrons. The Balaban J connectivity index is 1.76. The van der Waals surface area contributed by atoms with Crippen molar-refractivity contribution in [3.05, 3.63) is 36.1 Å². The van der Waals surface area contributed by atoms with E-state index in [0.29, 0.717) is 18.5 Å². The van der Waals surface area contributed by atoms with Gasteiger partial charge in [-0.2, -0.15) is 0 Å². The summed E-state index contributed by atoms with van der Waals surface area (Å²) in [7, 11) is 0. The third-order valence-corrected chi connectivity index (χ3v) is 5.34. The van der Waals surface area contributed by atoms with Crippen LogP contribution in [0.5, 0.6) is 0 Å². The van der Waals surface area contributed by atoms with Gasteiger partial charge in [0.2, 0.25) is 5.91 Å². The van der Waals surface area contributed by atoms with Crippen LogP contribution < -0.4 is 0 Å². The number of likely N-dealkylation sites (tertiary alicyclic amines) is 1. The Bertz CT molecular complexity index is 726. The standard InChI is InChI=1S/C19H24N2O6/c1-3-9-27-19(26)20-8-4-5-13(20)7-6-12-10-14-15(11(2)22)17(23)21(14)16(12)18(24)25/h3,6-7,11,13-15,22H,1,4-5,8-10H2,2H3,(H,24,25)/t11-,13+,14-,15-/m1/s1. The van der Waals surface area contributed by atoms with Gasteiger partial charge in [-0.3, -0.25) is 4.79 Å². The van der Waals surface area contributed by atoms with E-state index >= 15 is 0 Å². The number of carboxylic acids is 1. The Morgan fingerprint density at radius 2 is 2.19 bits per heavy atom. The highest BCUT2D eigenvalue weighted by Crippen LogP contribution is 2.44. The van der Waals surface area contributed by atoms with E-state index in [1.807, 2.05) is 0 Å². The summed E-state index contributed by atoms with van der Waals surface area (Å²) >= 11 is 0. The van der Waals surface area contributed by atoms with E-state index in [2.05, 4.69) is 6.58 Å². The molecule has 0 aromatic heterocycles. The predicted octanol–water partition coefficient (Wildman–Crippen LogP) is 1.28. The van der Waals surface area contributed by atoms with Crippen LogP contribution in [0.4, 0.5) is 4.79 Å². The quantitative estimate of drug-likeness (QED) is 0.534. The average molecular weight is 376 g/mol. The minimum atomic E-state index is -1.16. The molecule has 0 radical (unpaired) electrons. The Morgan fingerprint density at radius 1 is 1.44 bits per heavy atom. The summed E-state index contributed by atoms with van der Waals surface area (Å²) in [6.45, 7) is 5.77. The van der Waals surface area contributed by atoms with Crippen LogP contribution in [0.15, 0.2) is 36.1 Å². The van der Waals surface area contributed by atoms with E-state index in [4.69, 9.17) is 4.74 Å². The maximum atomic E-state index is 12.2. The topological polar surface area (TPSA) is 107 Å². The molecule has 27 heavy (non-hydrogen) atoms. The van der Waals surface area contributed by atoms with Crippen LogP contribution in [0, 0.1) is 5.92 Å². The largest absolute Gasteiger partial charge is 0.477 e. The van der Waals surface area contributed by atoms with Crippen LogP contribution in [0.25, 0.3) is 0 Å². The smallest absolute Gasteiger partial charge is 0.410 e. The lowest BCUT2D eigenvalue weighted by atomic mass is 9.83. The third kappa shape index (κ3) is 3.37. The summed E-state index contributed by atoms with van der Waals surface area (Å²) in [5.74, 6) is -2.09. The molecule has 4 atom stereocenters. The zero-order valence-corrected chi connectivity index (χ0v) is 15.2. The Labute approximate surface area is 157 Å². The number of hydrogen-bond donors (Lipinski definition) is 2. The lowest BCUT2D eigenvalue weighted by Crippen LogP contribution is -2.61. The van der Waals surface area contributed by atoms with Gasteiger partial charge < -0.3 is 24.7 Å². The molecule has 3 aliphatic rings. The first-order valence-electron chi connectivity index (χ1n) is 9.07. The van der Waals surface area contributed by atoms with Gasteiger partial charge in [0.25, 0.3) is 0 Å². The van der Waals surface area contributed by atoms with Crippen molar-refractivity contribution in [3.8, 4) is 0 Å². The van der Waals surface area contributed by atoms with E-state index in [1.165, 1.54) is 11.0 Å². The predicted molar refractivity (Wildman–Crippen MR) is 95.5 cm³/mol. The van der Waals surface area contributed by atoms with Gasteiger partial charge in [-0.15, -0.1) is 0 Å². The third-order valence-electron chi connectivity index (χ3n) is 5.34. The van der Waals surface area contributed by atoms with E-state index < -0.39 is 24.1 Å². The summed E-state index contributed by atoms with van der Waals surface area (Å²) in [4.78, 5) is 38.9. The van der Waals surface area contributed by atoms with Crippen LogP contribution in [0.3, 0.4) is 0 Å². The highest BCUT2D eigenvalue weighted by Gasteiger charge is 2.56. The van der Waals surface area contributed by atoms with Gasteiger partial charge in [-0.1, -0.05) is 24.8 Å². The van der Waals surface area contributed by atoms with Crippen LogP contribution in [0.2, 0.25) is 0 Å². The lowest BCUT2D eigenvalue weighted by Gasteiger charge is -2.44. The number of aliphatic carboxylic acids is 1. The molecule has 0 aliphatic carbocycles. The molecule has 3 heterocycles. The van der Waals surface area contributed by atoms with Gasteiger partial charge in [0.15, 0.2) is 0 Å². The molecule has 0 spiro atoms. The summed E-state index contributed by atoms with van der Waals surface area (Å²) in [6.07, 6.45) is 5.73. The van der Waals surface area contributed by atoms with Crippen molar-refractivity contribution in [3.63, 3.8) is 0 Å². The maximum absolute atomic E-state index is 12.2. The Morgan fingerprint density at radius 3 is 2.81 bits per heavy atom. The summed E-state index contributed by atoms with van der Waals surface area (Å²) in [5, 5.41) is 19.3. The number of aliphatic hydroxyl groups is 1. The SMILES string of the molecule is C=CCOC(=O)N1CCC[C@H]1C=CC1=C(C(=O)O)N2C(=O)[C@H]([C@@H](C)O)[C@H]2C1. The second-order valence-corrected chi connectivity index (χ2v) is 7.05. The number of amides is 2. The van der Waals surface area contributed by atoms with Gasteiger partial charge in [-0.05, 0) is 31.8 Å². The van der Waals surface area contributed by atoms with Crippen molar-refractivity contribution in [1.82, 2.24) is 9.80 Å². The molecule has 8 heteroatoms. The number of allylic oxidation sites excluding steroid dienone is 1. The fourth-order valence-corrected chi connectivity index (χ4v) is 4.11. The maximum Gasteiger partial charge on any atom is 0.410 e. The zero-order chi connectivity index (χ0) is 19.7. The minimum Gasteiger partial charge on any atom is -0.477 e. The highest BCUT2D eigenvalue weighted by atomic mass is 16.6. The summed E-state index contributed by atoms with van der Waals surface area (Å²) in [6, 6.07) is -0.498. The molecule has 8 nitrogen and oxygen atoms in total. The Kier molecular flexibility index (Phi) is 5.36. The second kappa shape index (κ2) is 7.56. The van der Waals surface area contributed by atoms with Gasteiger partial charge in [-0.25, -0.2) is 9.59 Å². The number of carbonyl (C=O) groups excluding carboxylic acids is 2. The molecule has 2 N–H and O–H groups in total. The van der Waals surface area contributed by atoms with Crippen LogP contribution in [-0.4, -0.2) is 69.3 Å². The summed E-state index contributed by atoms with van der Waals surface area (Å²) in [5.41, 5.74) is 0.507. The second-order valence-electron chi connectivity index (χ2n) is 7.05. The first-order chi connectivity index (χ1) is 12.9. The molecular weight excluding hydrogens is 352 g/mol. The molecule has 2 amide bonds. The van der Waals surface area contributed by atoms with Crippen molar-refractivity contribution in [2.75, 3.05) is 13.2 Å². The number of fused-ring (bicyclic) bond motifs is 1. The summed E-state index contributed by atoms with van der Waals surface area (Å²) < 4.78 is 5.08. The fourth-order valence-electron chi connectivity index (χ4n) is 4.11. The minimum absolute atomic E-state index is 0.0306. The number of nitrogens with zero attached hydrogens (tertiary/aromatic N) is 2. The van der Waals surface area contributed by atoms with Gasteiger partial charge in [0, 0.05) is 6.54 Å². The van der Waals surface area contributed by atoms with Gasteiger partial charge >= 0.3 is 12.1 Å². The molecule has 0 bridgehead atoms. The lowest BCUT2D eigenvalue weighted by molar-refractivity contribution is -0.161. The van der Waals surface area contributed by atoms with Crippen molar-refractivity contribution in [1.29, 1.82) is 0 Å². The molecule has 3 aliphatic heterocycles. The first kappa shape index (κ1) is 19.2. The number of carboxylic acid groups (broad SMARTS) is 1. The Hall–Kier alpha value is -2.61. The molecule has 0 saturated carbocycles. The molecular formula is C19H24N2O6. The van der Waals surface area contributed by atoms with Crippen LogP contribution in [0.1, 0.15) is 26.2 Å². The monoisotopic (exact) mass is 376 g/mol. The van der Waals surface area contributed by atoms with E-state index in [0.717, 1.165) is 12.8 Å². The van der Waals surface area contributed by atoms with Crippen molar-refractivity contribution in [2.24, 2.45) is 5.92 Å². The van der Waals surface area contributed by atoms with Crippen molar-refractivity contribution < 1.29 is 29.3 Å². The van der Waals surface area contributed by atoms with Gasteiger partial charge in [0.1, 0.15) is 12.3 Å². The van der Waals surface area contributed by atoms with Crippen molar-refractivity contribution in [2.45, 2.75) is 44.4 Å². The number of ether oxygens (including phenoxy) is 1. The normalized spacial score (nSPS) is 28.4. The molecule has 0 aromatic rings. The van der Waals surface area contributed by atoms with Crippen molar-refractivity contribution >= 4 is 18.0 Å². The average Bonchev–Trinajstić information content (AvgIpc) is 3.19. The highest BCUT2D eigenvalue weighted by molar-refractivity contribution is 6.00. The van der Waals surface area contributed by atoms with Gasteiger partial charge in [0.05, 0.1) is 24.1 Å². The first-order valence-corrected chi connectivity index (χ1v) is 9.07. The number of carbonyl (C=O) groups is 3. The molecule has 0 unspecified atom stereocenters. The number of rotatable bonds is 6. The number of β-lactam (4-membered cyclic amide) rings is 1. The fraction of sp³-hybridized carbons (Fsp3) is 0.526. The van der Waals surface area contributed by atoms with E-state index in [-0.39, 0.29) is 30.3 Å². The molecule has 0 aromatic carbocycles. The van der Waals surface area contributed by atoms with E-state index in [1.54, 1.807) is 24.0 Å². The number of hydrogen-bond acceptors (Lipinski definition) is 5. The van der Waals surface area contributed by atoms with E-state index in [9.17, 15) is 24.6 Å². The van der Waals surface area contributed by atoms with Crippen LogP contribution in [-0.2, 0) is 14.3 Å². The molecule has 2 fully saturated rings.